The summed E-state index contributed by atoms with van der Waals surface area (Å²) in [5.74, 6) is 0.650. The molecule has 1 amide bonds. The molecule has 1 atom stereocenters. The number of nitrogens with zero attached hydrogens (tertiary/aromatic N) is 1. The summed E-state index contributed by atoms with van der Waals surface area (Å²) in [5, 5.41) is 0. The lowest BCUT2D eigenvalue weighted by Gasteiger charge is -2.25. The number of hydrogen-bond acceptors (Lipinski definition) is 2. The molecule has 1 heterocycles. The maximum atomic E-state index is 13.5. The topological polar surface area (TPSA) is 29.5 Å². The second kappa shape index (κ2) is 7.47. The summed E-state index contributed by atoms with van der Waals surface area (Å²) in [6.07, 6.45) is 2.20. The fourth-order valence-corrected chi connectivity index (χ4v) is 3.27. The average Bonchev–Trinajstić information content (AvgIpc) is 3.07. The Balaban J connectivity index is 1.69. The number of benzene rings is 2. The number of hydrogen-bond donors (Lipinski definition) is 0. The SMILES string of the molecule is CCOc1ccc(CC(=O)N2CCC[C@H]2c2cccc(F)c2)cc1. The standard InChI is InChI=1S/C20H22FNO2/c1-2-24-18-10-8-15(9-11-18)13-20(23)22-12-4-7-19(22)16-5-3-6-17(21)14-16/h3,5-6,8-11,14,19H,2,4,7,12-13H2,1H3/t19-/m0/s1. The van der Waals surface area contributed by atoms with Crippen molar-refractivity contribution in [1.29, 1.82) is 0 Å². The van der Waals surface area contributed by atoms with Gasteiger partial charge >= 0.3 is 0 Å². The smallest absolute Gasteiger partial charge is 0.227 e. The first-order valence-corrected chi connectivity index (χ1v) is 8.44. The van der Waals surface area contributed by atoms with Gasteiger partial charge in [-0.05, 0) is 55.2 Å². The van der Waals surface area contributed by atoms with E-state index in [2.05, 4.69) is 0 Å². The summed E-state index contributed by atoms with van der Waals surface area (Å²) in [5.41, 5.74) is 1.85. The second-order valence-corrected chi connectivity index (χ2v) is 6.05. The zero-order valence-corrected chi connectivity index (χ0v) is 13.9. The first-order chi connectivity index (χ1) is 11.7. The predicted octanol–water partition coefficient (Wildman–Crippen LogP) is 4.13. The zero-order chi connectivity index (χ0) is 16.9. The second-order valence-electron chi connectivity index (χ2n) is 6.05. The van der Waals surface area contributed by atoms with E-state index in [-0.39, 0.29) is 17.8 Å². The lowest BCUT2D eigenvalue weighted by molar-refractivity contribution is -0.131. The number of rotatable bonds is 5. The Labute approximate surface area is 142 Å². The van der Waals surface area contributed by atoms with Crippen molar-refractivity contribution in [3.8, 4) is 5.75 Å². The summed E-state index contributed by atoms with van der Waals surface area (Å²) in [7, 11) is 0. The Bertz CT molecular complexity index is 699. The van der Waals surface area contributed by atoms with E-state index >= 15 is 0 Å². The number of likely N-dealkylation sites (tertiary alicyclic amines) is 1. The Kier molecular flexibility index (Phi) is 5.14. The Morgan fingerprint density at radius 1 is 1.25 bits per heavy atom. The van der Waals surface area contributed by atoms with Gasteiger partial charge in [-0.15, -0.1) is 0 Å². The van der Waals surface area contributed by atoms with E-state index in [1.807, 2.05) is 42.2 Å². The fourth-order valence-electron chi connectivity index (χ4n) is 3.27. The zero-order valence-electron chi connectivity index (χ0n) is 13.9. The van der Waals surface area contributed by atoms with Crippen LogP contribution >= 0.6 is 0 Å². The molecule has 2 aromatic rings. The van der Waals surface area contributed by atoms with E-state index in [0.717, 1.165) is 36.3 Å². The van der Waals surface area contributed by atoms with Crippen LogP contribution in [0, 0.1) is 5.82 Å². The molecule has 24 heavy (non-hydrogen) atoms. The minimum Gasteiger partial charge on any atom is -0.494 e. The van der Waals surface area contributed by atoms with Crippen molar-refractivity contribution in [2.45, 2.75) is 32.2 Å². The van der Waals surface area contributed by atoms with Crippen LogP contribution in [-0.2, 0) is 11.2 Å². The van der Waals surface area contributed by atoms with E-state index in [9.17, 15) is 9.18 Å². The number of amides is 1. The summed E-state index contributed by atoms with van der Waals surface area (Å²) in [6, 6.07) is 14.2. The van der Waals surface area contributed by atoms with Crippen molar-refractivity contribution < 1.29 is 13.9 Å². The lowest BCUT2D eigenvalue weighted by atomic mass is 10.0. The summed E-state index contributed by atoms with van der Waals surface area (Å²) in [6.45, 7) is 3.30. The van der Waals surface area contributed by atoms with E-state index in [4.69, 9.17) is 4.74 Å². The van der Waals surface area contributed by atoms with Gasteiger partial charge in [0.2, 0.25) is 5.91 Å². The maximum Gasteiger partial charge on any atom is 0.227 e. The third kappa shape index (κ3) is 3.75. The van der Waals surface area contributed by atoms with Crippen molar-refractivity contribution in [1.82, 2.24) is 4.90 Å². The van der Waals surface area contributed by atoms with Crippen LogP contribution in [0.5, 0.6) is 5.75 Å². The molecule has 0 unspecified atom stereocenters. The molecular formula is C20H22FNO2. The van der Waals surface area contributed by atoms with Crippen molar-refractivity contribution in [2.75, 3.05) is 13.2 Å². The first kappa shape index (κ1) is 16.5. The van der Waals surface area contributed by atoms with Crippen molar-refractivity contribution in [2.24, 2.45) is 0 Å². The minimum atomic E-state index is -0.252. The highest BCUT2D eigenvalue weighted by molar-refractivity contribution is 5.79. The summed E-state index contributed by atoms with van der Waals surface area (Å²) < 4.78 is 18.9. The molecular weight excluding hydrogens is 305 g/mol. The number of ether oxygens (including phenoxy) is 1. The molecule has 0 radical (unpaired) electrons. The molecule has 1 aliphatic heterocycles. The Morgan fingerprint density at radius 2 is 2.04 bits per heavy atom. The molecule has 0 N–H and O–H groups in total. The highest BCUT2D eigenvalue weighted by Crippen LogP contribution is 2.32. The van der Waals surface area contributed by atoms with Crippen LogP contribution in [0.2, 0.25) is 0 Å². The van der Waals surface area contributed by atoms with Crippen LogP contribution in [0.15, 0.2) is 48.5 Å². The molecule has 1 aliphatic rings. The monoisotopic (exact) mass is 327 g/mol. The highest BCUT2D eigenvalue weighted by atomic mass is 19.1. The van der Waals surface area contributed by atoms with E-state index in [0.29, 0.717) is 13.0 Å². The van der Waals surface area contributed by atoms with Gasteiger partial charge in [0.05, 0.1) is 19.1 Å². The van der Waals surface area contributed by atoms with Crippen LogP contribution in [0.25, 0.3) is 0 Å². The van der Waals surface area contributed by atoms with Gasteiger partial charge in [0.1, 0.15) is 11.6 Å². The predicted molar refractivity (Wildman–Crippen MR) is 91.4 cm³/mol. The Morgan fingerprint density at radius 3 is 2.75 bits per heavy atom. The summed E-state index contributed by atoms with van der Waals surface area (Å²) >= 11 is 0. The van der Waals surface area contributed by atoms with Gasteiger partial charge < -0.3 is 9.64 Å². The third-order valence-electron chi connectivity index (χ3n) is 4.40. The van der Waals surface area contributed by atoms with Gasteiger partial charge in [-0.25, -0.2) is 4.39 Å². The van der Waals surface area contributed by atoms with Gasteiger partial charge in [-0.2, -0.15) is 0 Å². The average molecular weight is 327 g/mol. The van der Waals surface area contributed by atoms with Crippen molar-refractivity contribution >= 4 is 5.91 Å². The third-order valence-corrected chi connectivity index (χ3v) is 4.40. The quantitative estimate of drug-likeness (QED) is 0.826. The lowest BCUT2D eigenvalue weighted by Crippen LogP contribution is -2.31. The molecule has 1 fully saturated rings. The highest BCUT2D eigenvalue weighted by Gasteiger charge is 2.29. The van der Waals surface area contributed by atoms with Crippen molar-refractivity contribution in [3.05, 3.63) is 65.5 Å². The minimum absolute atomic E-state index is 0.0177. The van der Waals surface area contributed by atoms with Gasteiger partial charge in [0, 0.05) is 6.54 Å². The molecule has 126 valence electrons. The van der Waals surface area contributed by atoms with Gasteiger partial charge in [0.15, 0.2) is 0 Å². The van der Waals surface area contributed by atoms with E-state index in [1.54, 1.807) is 6.07 Å². The van der Waals surface area contributed by atoms with E-state index < -0.39 is 0 Å². The van der Waals surface area contributed by atoms with Crippen LogP contribution in [-0.4, -0.2) is 24.0 Å². The number of carbonyl (C=O) groups excluding carboxylic acids is 1. The number of carbonyl (C=O) groups is 1. The van der Waals surface area contributed by atoms with Crippen molar-refractivity contribution in [3.63, 3.8) is 0 Å². The molecule has 0 bridgehead atoms. The maximum absolute atomic E-state index is 13.5. The fraction of sp³-hybridized carbons (Fsp3) is 0.350. The molecule has 3 rings (SSSR count). The van der Waals surface area contributed by atoms with Gasteiger partial charge in [-0.3, -0.25) is 4.79 Å². The molecule has 3 nitrogen and oxygen atoms in total. The molecule has 4 heteroatoms. The van der Waals surface area contributed by atoms with Gasteiger partial charge in [-0.1, -0.05) is 24.3 Å². The summed E-state index contributed by atoms with van der Waals surface area (Å²) in [4.78, 5) is 14.6. The molecule has 0 aromatic heterocycles. The van der Waals surface area contributed by atoms with Crippen LogP contribution < -0.4 is 4.74 Å². The molecule has 2 aromatic carbocycles. The first-order valence-electron chi connectivity index (χ1n) is 8.44. The van der Waals surface area contributed by atoms with Crippen LogP contribution in [0.1, 0.15) is 36.9 Å². The molecule has 0 aliphatic carbocycles. The number of halogens is 1. The largest absolute Gasteiger partial charge is 0.494 e. The molecule has 0 saturated carbocycles. The van der Waals surface area contributed by atoms with Crippen LogP contribution in [0.4, 0.5) is 4.39 Å². The van der Waals surface area contributed by atoms with E-state index in [1.165, 1.54) is 12.1 Å². The normalized spacial score (nSPS) is 17.1. The molecule has 1 saturated heterocycles. The Hall–Kier alpha value is -2.36. The molecule has 0 spiro atoms. The van der Waals surface area contributed by atoms with Gasteiger partial charge in [0.25, 0.3) is 0 Å². The van der Waals surface area contributed by atoms with Crippen LogP contribution in [0.3, 0.4) is 0 Å².